The van der Waals surface area contributed by atoms with Crippen LogP contribution < -0.4 is 0 Å². The van der Waals surface area contributed by atoms with Crippen molar-refractivity contribution in [2.45, 2.75) is 102 Å². The molecule has 1 amide bonds. The van der Waals surface area contributed by atoms with Crippen LogP contribution in [0.4, 0.5) is 0 Å². The SMILES string of the molecule is CN(C(=O)C1CCC(C23CC4CC(CC(C4)C2)C3)CC1)C1CCCCC1. The average Bonchev–Trinajstić information content (AvgIpc) is 2.67. The lowest BCUT2D eigenvalue weighted by atomic mass is 9.45. The van der Waals surface area contributed by atoms with E-state index in [1.54, 1.807) is 38.5 Å². The molecule has 0 aromatic carbocycles. The Morgan fingerprint density at radius 3 is 1.85 bits per heavy atom. The molecule has 0 spiro atoms. The lowest BCUT2D eigenvalue weighted by Gasteiger charge is -2.60. The minimum absolute atomic E-state index is 0.340. The second-order valence-electron chi connectivity index (χ2n) is 11.1. The molecule has 2 nitrogen and oxygen atoms in total. The van der Waals surface area contributed by atoms with Gasteiger partial charge in [0.15, 0.2) is 0 Å². The number of hydrogen-bond acceptors (Lipinski definition) is 1. The standard InChI is InChI=1S/C24H39NO/c1-25(22-5-3-2-4-6-22)23(26)20-7-9-21(10-8-20)24-14-17-11-18(15-24)13-19(12-17)16-24/h17-22H,2-16H2,1H3. The van der Waals surface area contributed by atoms with Crippen molar-refractivity contribution in [1.82, 2.24) is 4.90 Å². The van der Waals surface area contributed by atoms with Crippen molar-refractivity contribution in [3.8, 4) is 0 Å². The number of nitrogens with zero attached hydrogens (tertiary/aromatic N) is 1. The van der Waals surface area contributed by atoms with Crippen LogP contribution >= 0.6 is 0 Å². The molecular formula is C24H39NO. The first kappa shape index (κ1) is 17.6. The Labute approximate surface area is 160 Å². The Bertz CT molecular complexity index is 491. The molecule has 0 N–H and O–H groups in total. The average molecular weight is 358 g/mol. The topological polar surface area (TPSA) is 20.3 Å². The van der Waals surface area contributed by atoms with Crippen LogP contribution in [0.1, 0.15) is 96.3 Å². The predicted molar refractivity (Wildman–Crippen MR) is 106 cm³/mol. The molecule has 6 saturated carbocycles. The second-order valence-corrected chi connectivity index (χ2v) is 11.1. The van der Waals surface area contributed by atoms with Gasteiger partial charge >= 0.3 is 0 Å². The van der Waals surface area contributed by atoms with Gasteiger partial charge in [-0.3, -0.25) is 4.79 Å². The molecule has 2 heteroatoms. The summed E-state index contributed by atoms with van der Waals surface area (Å²) in [5.41, 5.74) is 0.706. The van der Waals surface area contributed by atoms with Crippen LogP contribution in [0.2, 0.25) is 0 Å². The van der Waals surface area contributed by atoms with Gasteiger partial charge < -0.3 is 4.90 Å². The van der Waals surface area contributed by atoms with E-state index in [2.05, 4.69) is 11.9 Å². The maximum Gasteiger partial charge on any atom is 0.225 e. The van der Waals surface area contributed by atoms with E-state index in [1.165, 1.54) is 57.8 Å². The molecule has 6 aliphatic carbocycles. The van der Waals surface area contributed by atoms with E-state index in [4.69, 9.17) is 0 Å². The fraction of sp³-hybridized carbons (Fsp3) is 0.958. The molecule has 0 aliphatic heterocycles. The molecule has 6 rings (SSSR count). The quantitative estimate of drug-likeness (QED) is 0.625. The smallest absolute Gasteiger partial charge is 0.225 e. The summed E-state index contributed by atoms with van der Waals surface area (Å²) in [6.07, 6.45) is 20.9. The van der Waals surface area contributed by atoms with E-state index < -0.39 is 0 Å². The summed E-state index contributed by atoms with van der Waals surface area (Å²) in [7, 11) is 2.10. The lowest BCUT2D eigenvalue weighted by Crippen LogP contribution is -2.50. The van der Waals surface area contributed by atoms with Gasteiger partial charge in [0.05, 0.1) is 0 Å². The van der Waals surface area contributed by atoms with Crippen LogP contribution in [0.5, 0.6) is 0 Å². The largest absolute Gasteiger partial charge is 0.343 e. The highest BCUT2D eigenvalue weighted by atomic mass is 16.2. The first-order valence-electron chi connectivity index (χ1n) is 11.9. The van der Waals surface area contributed by atoms with Crippen molar-refractivity contribution in [1.29, 1.82) is 0 Å². The molecule has 6 fully saturated rings. The molecule has 26 heavy (non-hydrogen) atoms. The fourth-order valence-electron chi connectivity index (χ4n) is 8.57. The van der Waals surface area contributed by atoms with Gasteiger partial charge in [-0.25, -0.2) is 0 Å². The first-order chi connectivity index (χ1) is 12.6. The van der Waals surface area contributed by atoms with Gasteiger partial charge in [0.2, 0.25) is 5.91 Å². The highest BCUT2D eigenvalue weighted by molar-refractivity contribution is 5.79. The highest BCUT2D eigenvalue weighted by Crippen LogP contribution is 2.64. The fourth-order valence-corrected chi connectivity index (χ4v) is 8.57. The summed E-state index contributed by atoms with van der Waals surface area (Å²) in [4.78, 5) is 15.2. The van der Waals surface area contributed by atoms with Crippen LogP contribution in [0.25, 0.3) is 0 Å². The molecule has 146 valence electrons. The molecule has 0 heterocycles. The van der Waals surface area contributed by atoms with Crippen molar-refractivity contribution in [2.75, 3.05) is 7.05 Å². The van der Waals surface area contributed by atoms with Crippen molar-refractivity contribution >= 4 is 5.91 Å². The van der Waals surface area contributed by atoms with Gasteiger partial charge in [-0.05, 0) is 106 Å². The zero-order valence-electron chi connectivity index (χ0n) is 16.9. The summed E-state index contributed by atoms with van der Waals surface area (Å²) in [5.74, 6) is 4.97. The number of carbonyl (C=O) groups is 1. The molecular weight excluding hydrogens is 318 g/mol. The van der Waals surface area contributed by atoms with Crippen molar-refractivity contribution in [3.05, 3.63) is 0 Å². The Hall–Kier alpha value is -0.530. The second kappa shape index (κ2) is 6.82. The zero-order valence-corrected chi connectivity index (χ0v) is 16.9. The zero-order chi connectivity index (χ0) is 17.7. The minimum Gasteiger partial charge on any atom is -0.343 e. The maximum absolute atomic E-state index is 13.1. The van der Waals surface area contributed by atoms with E-state index in [0.29, 0.717) is 23.3 Å². The molecule has 4 bridgehead atoms. The van der Waals surface area contributed by atoms with Crippen molar-refractivity contribution < 1.29 is 4.79 Å². The maximum atomic E-state index is 13.1. The van der Waals surface area contributed by atoms with Crippen LogP contribution in [-0.4, -0.2) is 23.9 Å². The molecule has 0 saturated heterocycles. The third-order valence-electron chi connectivity index (χ3n) is 9.50. The number of amides is 1. The van der Waals surface area contributed by atoms with Gasteiger partial charge in [-0.1, -0.05) is 19.3 Å². The van der Waals surface area contributed by atoms with Gasteiger partial charge in [0.1, 0.15) is 0 Å². The van der Waals surface area contributed by atoms with E-state index in [0.717, 1.165) is 23.7 Å². The van der Waals surface area contributed by atoms with Crippen LogP contribution in [0, 0.1) is 35.0 Å². The van der Waals surface area contributed by atoms with E-state index >= 15 is 0 Å². The third-order valence-corrected chi connectivity index (χ3v) is 9.50. The van der Waals surface area contributed by atoms with Crippen molar-refractivity contribution in [2.24, 2.45) is 35.0 Å². The summed E-state index contributed by atoms with van der Waals surface area (Å²) in [6, 6.07) is 0.539. The summed E-state index contributed by atoms with van der Waals surface area (Å²) in [6.45, 7) is 0. The molecule has 6 aliphatic rings. The Morgan fingerprint density at radius 2 is 1.31 bits per heavy atom. The van der Waals surface area contributed by atoms with Gasteiger partial charge in [0, 0.05) is 19.0 Å². The summed E-state index contributed by atoms with van der Waals surface area (Å²) >= 11 is 0. The lowest BCUT2D eigenvalue weighted by molar-refractivity contribution is -0.140. The monoisotopic (exact) mass is 357 g/mol. The normalized spacial score (nSPS) is 45.7. The first-order valence-corrected chi connectivity index (χ1v) is 11.9. The van der Waals surface area contributed by atoms with E-state index in [9.17, 15) is 4.79 Å². The van der Waals surface area contributed by atoms with E-state index in [-0.39, 0.29) is 0 Å². The third kappa shape index (κ3) is 3.04. The molecule has 0 unspecified atom stereocenters. The van der Waals surface area contributed by atoms with Crippen LogP contribution in [0.3, 0.4) is 0 Å². The summed E-state index contributed by atoms with van der Waals surface area (Å²) in [5, 5.41) is 0. The number of carbonyl (C=O) groups excluding carboxylic acids is 1. The highest BCUT2D eigenvalue weighted by Gasteiger charge is 2.54. The number of hydrogen-bond donors (Lipinski definition) is 0. The molecule has 0 aromatic heterocycles. The number of rotatable bonds is 3. The van der Waals surface area contributed by atoms with Crippen molar-refractivity contribution in [3.63, 3.8) is 0 Å². The Balaban J connectivity index is 1.19. The minimum atomic E-state index is 0.340. The van der Waals surface area contributed by atoms with Crippen LogP contribution in [-0.2, 0) is 4.79 Å². The van der Waals surface area contributed by atoms with Crippen LogP contribution in [0.15, 0.2) is 0 Å². The molecule has 0 radical (unpaired) electrons. The Kier molecular flexibility index (Phi) is 4.60. The van der Waals surface area contributed by atoms with Gasteiger partial charge in [0.25, 0.3) is 0 Å². The molecule has 0 atom stereocenters. The summed E-state index contributed by atoms with van der Waals surface area (Å²) < 4.78 is 0. The van der Waals surface area contributed by atoms with Gasteiger partial charge in [-0.2, -0.15) is 0 Å². The van der Waals surface area contributed by atoms with E-state index in [1.807, 2.05) is 0 Å². The van der Waals surface area contributed by atoms with Gasteiger partial charge in [-0.15, -0.1) is 0 Å². The predicted octanol–water partition coefficient (Wildman–Crippen LogP) is 5.80. The Morgan fingerprint density at radius 1 is 0.769 bits per heavy atom. The molecule has 0 aromatic rings.